The molecule has 1 aromatic carbocycles. The van der Waals surface area contributed by atoms with E-state index < -0.39 is 5.82 Å². The standard InChI is InChI=1S/C25H26FN5O/c1-15-7-8-27-22(9-15)20-5-4-6-21(26)23(20)24(32)30-11-18-13-31(14-19(18)12-30)25-28-16(2)10-17(3)29-25/h4-10,18-19H,11-14H2,1-3H3. The maximum atomic E-state index is 14.9. The lowest BCUT2D eigenvalue weighted by Crippen LogP contribution is -2.34. The summed E-state index contributed by atoms with van der Waals surface area (Å²) in [5.74, 6) is 0.659. The molecular formula is C25H26FN5O. The topological polar surface area (TPSA) is 62.2 Å². The summed E-state index contributed by atoms with van der Waals surface area (Å²) in [6.07, 6.45) is 1.69. The average molecular weight is 432 g/mol. The molecule has 4 heterocycles. The highest BCUT2D eigenvalue weighted by Crippen LogP contribution is 2.35. The number of aryl methyl sites for hydroxylation is 3. The number of nitrogens with zero attached hydrogens (tertiary/aromatic N) is 5. The minimum atomic E-state index is -0.502. The molecule has 7 heteroatoms. The number of hydrogen-bond donors (Lipinski definition) is 0. The summed E-state index contributed by atoms with van der Waals surface area (Å²) >= 11 is 0. The second-order valence-electron chi connectivity index (χ2n) is 8.97. The van der Waals surface area contributed by atoms with Crippen LogP contribution < -0.4 is 4.90 Å². The quantitative estimate of drug-likeness (QED) is 0.631. The van der Waals surface area contributed by atoms with E-state index >= 15 is 0 Å². The van der Waals surface area contributed by atoms with Crippen molar-refractivity contribution in [1.29, 1.82) is 0 Å². The fourth-order valence-electron chi connectivity index (χ4n) is 4.97. The van der Waals surface area contributed by atoms with Crippen LogP contribution in [0.1, 0.15) is 27.3 Å². The number of amides is 1. The summed E-state index contributed by atoms with van der Waals surface area (Å²) in [6, 6.07) is 10.5. The van der Waals surface area contributed by atoms with E-state index in [0.717, 1.165) is 36.0 Å². The van der Waals surface area contributed by atoms with Crippen molar-refractivity contribution in [3.63, 3.8) is 0 Å². The predicted octanol–water partition coefficient (Wildman–Crippen LogP) is 3.81. The van der Waals surface area contributed by atoms with Gasteiger partial charge in [0.05, 0.1) is 11.3 Å². The van der Waals surface area contributed by atoms with Gasteiger partial charge in [0.25, 0.3) is 5.91 Å². The highest BCUT2D eigenvalue weighted by atomic mass is 19.1. The van der Waals surface area contributed by atoms with E-state index in [1.54, 1.807) is 23.2 Å². The van der Waals surface area contributed by atoms with Crippen LogP contribution in [0.3, 0.4) is 0 Å². The summed E-state index contributed by atoms with van der Waals surface area (Å²) in [4.78, 5) is 31.0. The number of halogens is 1. The van der Waals surface area contributed by atoms with Gasteiger partial charge in [0.2, 0.25) is 5.95 Å². The Balaban J connectivity index is 1.36. The van der Waals surface area contributed by atoms with Crippen LogP contribution in [0.5, 0.6) is 0 Å². The highest BCUT2D eigenvalue weighted by Gasteiger charge is 2.43. The molecule has 2 atom stereocenters. The van der Waals surface area contributed by atoms with Crippen LogP contribution >= 0.6 is 0 Å². The van der Waals surface area contributed by atoms with Gasteiger partial charge in [-0.15, -0.1) is 0 Å². The third-order valence-corrected chi connectivity index (χ3v) is 6.45. The summed E-state index contributed by atoms with van der Waals surface area (Å²) in [5.41, 5.74) is 4.20. The number of likely N-dealkylation sites (tertiary alicyclic amines) is 1. The van der Waals surface area contributed by atoms with Gasteiger partial charge >= 0.3 is 0 Å². The summed E-state index contributed by atoms with van der Waals surface area (Å²) in [7, 11) is 0. The van der Waals surface area contributed by atoms with Crippen molar-refractivity contribution in [2.24, 2.45) is 11.8 Å². The second-order valence-corrected chi connectivity index (χ2v) is 8.97. The molecule has 5 rings (SSSR count). The SMILES string of the molecule is Cc1ccnc(-c2cccc(F)c2C(=O)N2CC3CN(c4nc(C)cc(C)n4)CC3C2)c1. The molecule has 0 N–H and O–H groups in total. The van der Waals surface area contributed by atoms with E-state index in [2.05, 4.69) is 19.9 Å². The molecule has 0 bridgehead atoms. The van der Waals surface area contributed by atoms with Crippen molar-refractivity contribution < 1.29 is 9.18 Å². The van der Waals surface area contributed by atoms with Gasteiger partial charge in [0.15, 0.2) is 0 Å². The number of anilines is 1. The lowest BCUT2D eigenvalue weighted by atomic mass is 10.0. The number of carbonyl (C=O) groups is 1. The molecule has 2 fully saturated rings. The van der Waals surface area contributed by atoms with Gasteiger partial charge in [-0.05, 0) is 50.6 Å². The van der Waals surface area contributed by atoms with Crippen molar-refractivity contribution in [3.8, 4) is 11.3 Å². The second kappa shape index (κ2) is 7.97. The number of pyridine rings is 1. The number of carbonyl (C=O) groups excluding carboxylic acids is 1. The first-order chi connectivity index (χ1) is 15.4. The number of fused-ring (bicyclic) bond motifs is 1. The Morgan fingerprint density at radius 3 is 2.31 bits per heavy atom. The smallest absolute Gasteiger partial charge is 0.257 e. The molecule has 2 aliphatic heterocycles. The summed E-state index contributed by atoms with van der Waals surface area (Å²) < 4.78 is 14.9. The first-order valence-electron chi connectivity index (χ1n) is 11.0. The number of benzene rings is 1. The van der Waals surface area contributed by atoms with E-state index in [9.17, 15) is 9.18 Å². The van der Waals surface area contributed by atoms with Crippen molar-refractivity contribution >= 4 is 11.9 Å². The normalized spacial score (nSPS) is 20.0. The van der Waals surface area contributed by atoms with Gasteiger partial charge < -0.3 is 9.80 Å². The van der Waals surface area contributed by atoms with Crippen LogP contribution in [0.2, 0.25) is 0 Å². The Morgan fingerprint density at radius 2 is 1.66 bits per heavy atom. The van der Waals surface area contributed by atoms with Crippen LogP contribution in [0.4, 0.5) is 10.3 Å². The maximum absolute atomic E-state index is 14.9. The van der Waals surface area contributed by atoms with Crippen LogP contribution in [0.15, 0.2) is 42.6 Å². The van der Waals surface area contributed by atoms with Crippen molar-refractivity contribution in [1.82, 2.24) is 19.9 Å². The molecule has 1 amide bonds. The molecule has 0 spiro atoms. The summed E-state index contributed by atoms with van der Waals surface area (Å²) in [5, 5.41) is 0. The molecule has 3 aromatic rings. The number of aromatic nitrogens is 3. The van der Waals surface area contributed by atoms with Gasteiger partial charge in [-0.3, -0.25) is 9.78 Å². The Kier molecular flexibility index (Phi) is 5.12. The first kappa shape index (κ1) is 20.5. The predicted molar refractivity (Wildman–Crippen MR) is 121 cm³/mol. The molecular weight excluding hydrogens is 405 g/mol. The first-order valence-corrected chi connectivity index (χ1v) is 11.0. The molecule has 164 valence electrons. The molecule has 6 nitrogen and oxygen atoms in total. The molecule has 2 aliphatic rings. The Bertz CT molecular complexity index is 1160. The van der Waals surface area contributed by atoms with Crippen LogP contribution in [-0.4, -0.2) is 51.9 Å². The van der Waals surface area contributed by atoms with E-state index in [1.807, 2.05) is 39.0 Å². The van der Waals surface area contributed by atoms with Gasteiger partial charge in [-0.25, -0.2) is 14.4 Å². The minimum absolute atomic E-state index is 0.111. The molecule has 0 radical (unpaired) electrons. The van der Waals surface area contributed by atoms with Gasteiger partial charge in [0.1, 0.15) is 5.82 Å². The van der Waals surface area contributed by atoms with E-state index in [-0.39, 0.29) is 11.5 Å². The Labute approximate surface area is 187 Å². The minimum Gasteiger partial charge on any atom is -0.340 e. The fourth-order valence-corrected chi connectivity index (χ4v) is 4.97. The molecule has 2 aromatic heterocycles. The van der Waals surface area contributed by atoms with E-state index in [4.69, 9.17) is 0 Å². The Hall–Kier alpha value is -3.35. The fraction of sp³-hybridized carbons (Fsp3) is 0.360. The van der Waals surface area contributed by atoms with E-state index in [1.165, 1.54) is 6.07 Å². The van der Waals surface area contributed by atoms with Crippen LogP contribution in [-0.2, 0) is 0 Å². The zero-order valence-electron chi connectivity index (χ0n) is 18.5. The van der Waals surface area contributed by atoms with Crippen molar-refractivity contribution in [2.75, 3.05) is 31.1 Å². The molecule has 0 aliphatic carbocycles. The largest absolute Gasteiger partial charge is 0.340 e. The van der Waals surface area contributed by atoms with Crippen molar-refractivity contribution in [3.05, 3.63) is 70.9 Å². The number of hydrogen-bond acceptors (Lipinski definition) is 5. The average Bonchev–Trinajstić information content (AvgIpc) is 3.32. The van der Waals surface area contributed by atoms with E-state index in [0.29, 0.717) is 36.2 Å². The summed E-state index contributed by atoms with van der Waals surface area (Å²) in [6.45, 7) is 8.75. The van der Waals surface area contributed by atoms with Gasteiger partial charge in [-0.1, -0.05) is 12.1 Å². The molecule has 32 heavy (non-hydrogen) atoms. The zero-order chi connectivity index (χ0) is 22.4. The van der Waals surface area contributed by atoms with Crippen LogP contribution in [0.25, 0.3) is 11.3 Å². The lowest BCUT2D eigenvalue weighted by molar-refractivity contribution is 0.0778. The van der Waals surface area contributed by atoms with Gasteiger partial charge in [-0.2, -0.15) is 0 Å². The lowest BCUT2D eigenvalue weighted by Gasteiger charge is -2.23. The molecule has 2 unspecified atom stereocenters. The van der Waals surface area contributed by atoms with Crippen molar-refractivity contribution in [2.45, 2.75) is 20.8 Å². The Morgan fingerprint density at radius 1 is 0.969 bits per heavy atom. The van der Waals surface area contributed by atoms with Crippen LogP contribution in [0, 0.1) is 38.4 Å². The van der Waals surface area contributed by atoms with Gasteiger partial charge in [0, 0.05) is 61.2 Å². The molecule has 0 saturated carbocycles. The molecule has 2 saturated heterocycles. The third kappa shape index (κ3) is 3.72. The highest BCUT2D eigenvalue weighted by molar-refractivity contribution is 6.01. The zero-order valence-corrected chi connectivity index (χ0v) is 18.5. The monoisotopic (exact) mass is 431 g/mol. The maximum Gasteiger partial charge on any atom is 0.257 e. The number of rotatable bonds is 3. The third-order valence-electron chi connectivity index (χ3n) is 6.45.